The molecular formula is C14H19BrN4O3. The van der Waals surface area contributed by atoms with Crippen molar-refractivity contribution in [3.63, 3.8) is 0 Å². The quantitative estimate of drug-likeness (QED) is 0.646. The molecule has 2 rings (SSSR count). The number of primary amides is 1. The minimum absolute atomic E-state index is 0.0961. The van der Waals surface area contributed by atoms with Crippen molar-refractivity contribution in [1.82, 2.24) is 4.90 Å². The van der Waals surface area contributed by atoms with Crippen LogP contribution in [0.3, 0.4) is 0 Å². The molecule has 0 bridgehead atoms. The lowest BCUT2D eigenvalue weighted by Gasteiger charge is -2.38. The highest BCUT2D eigenvalue weighted by atomic mass is 79.9. The molecule has 1 aliphatic heterocycles. The molecule has 0 radical (unpaired) electrons. The number of rotatable bonds is 4. The molecule has 1 fully saturated rings. The number of hydrogen-bond acceptors (Lipinski definition) is 5. The summed E-state index contributed by atoms with van der Waals surface area (Å²) in [6.07, 6.45) is 0. The first kappa shape index (κ1) is 16.7. The van der Waals surface area contributed by atoms with Gasteiger partial charge in [-0.3, -0.25) is 19.8 Å². The topological polar surface area (TPSA) is 92.7 Å². The van der Waals surface area contributed by atoms with Crippen molar-refractivity contribution in [2.24, 2.45) is 5.73 Å². The standard InChI is InChI=1S/C14H19BrN4O3/c1-9(2)17-3-5-18(6-4-17)13-11(14(16)20)7-10(15)8-12(13)19(21)22/h7-9H,3-6H2,1-2H3,(H2,16,20). The summed E-state index contributed by atoms with van der Waals surface area (Å²) in [5.41, 5.74) is 5.82. The van der Waals surface area contributed by atoms with Crippen LogP contribution < -0.4 is 10.6 Å². The average molecular weight is 371 g/mol. The highest BCUT2D eigenvalue weighted by molar-refractivity contribution is 9.10. The highest BCUT2D eigenvalue weighted by Gasteiger charge is 2.29. The van der Waals surface area contributed by atoms with E-state index >= 15 is 0 Å². The van der Waals surface area contributed by atoms with Gasteiger partial charge in [0.15, 0.2) is 0 Å². The van der Waals surface area contributed by atoms with Crippen molar-refractivity contribution in [2.75, 3.05) is 31.1 Å². The molecular weight excluding hydrogens is 352 g/mol. The van der Waals surface area contributed by atoms with Gasteiger partial charge in [0.2, 0.25) is 0 Å². The number of nitrogens with two attached hydrogens (primary N) is 1. The molecule has 1 heterocycles. The van der Waals surface area contributed by atoms with E-state index in [2.05, 4.69) is 34.7 Å². The lowest BCUT2D eigenvalue weighted by atomic mass is 10.1. The average Bonchev–Trinajstić information content (AvgIpc) is 2.46. The molecule has 120 valence electrons. The maximum Gasteiger partial charge on any atom is 0.294 e. The third kappa shape index (κ3) is 3.38. The molecule has 8 heteroatoms. The van der Waals surface area contributed by atoms with Gasteiger partial charge in [0.05, 0.1) is 10.5 Å². The SMILES string of the molecule is CC(C)N1CCN(c2c(C(N)=O)cc(Br)cc2[N+](=O)[O-])CC1. The molecule has 0 saturated carbocycles. The number of anilines is 1. The van der Waals surface area contributed by atoms with Crippen molar-refractivity contribution in [3.8, 4) is 0 Å². The van der Waals surface area contributed by atoms with Crippen molar-refractivity contribution in [3.05, 3.63) is 32.3 Å². The lowest BCUT2D eigenvalue weighted by Crippen LogP contribution is -2.49. The first-order valence-electron chi connectivity index (χ1n) is 7.08. The van der Waals surface area contributed by atoms with Gasteiger partial charge in [-0.05, 0) is 19.9 Å². The Morgan fingerprint density at radius 2 is 1.91 bits per heavy atom. The predicted octanol–water partition coefficient (Wildman–Crippen LogP) is 1.99. The Bertz CT molecular complexity index is 563. The number of nitro benzene ring substituents is 1. The van der Waals surface area contributed by atoms with Crippen LogP contribution in [-0.2, 0) is 0 Å². The van der Waals surface area contributed by atoms with E-state index in [9.17, 15) is 14.9 Å². The third-order valence-electron chi connectivity index (χ3n) is 3.88. The molecule has 1 aliphatic rings. The van der Waals surface area contributed by atoms with Crippen LogP contribution in [0.15, 0.2) is 16.6 Å². The van der Waals surface area contributed by atoms with Crippen molar-refractivity contribution in [2.45, 2.75) is 19.9 Å². The van der Waals surface area contributed by atoms with Gasteiger partial charge in [-0.25, -0.2) is 0 Å². The molecule has 0 aliphatic carbocycles. The van der Waals surface area contributed by atoms with Crippen LogP contribution in [0.4, 0.5) is 11.4 Å². The van der Waals surface area contributed by atoms with Crippen molar-refractivity contribution < 1.29 is 9.72 Å². The molecule has 1 saturated heterocycles. The van der Waals surface area contributed by atoms with Gasteiger partial charge >= 0.3 is 0 Å². The fourth-order valence-corrected chi connectivity index (χ4v) is 3.15. The van der Waals surface area contributed by atoms with Crippen LogP contribution in [-0.4, -0.2) is 48.0 Å². The summed E-state index contributed by atoms with van der Waals surface area (Å²) in [7, 11) is 0. The molecule has 0 atom stereocenters. The number of nitro groups is 1. The summed E-state index contributed by atoms with van der Waals surface area (Å²) in [5, 5.41) is 11.4. The Morgan fingerprint density at radius 1 is 1.32 bits per heavy atom. The van der Waals surface area contributed by atoms with Gasteiger partial charge in [-0.1, -0.05) is 15.9 Å². The highest BCUT2D eigenvalue weighted by Crippen LogP contribution is 2.35. The van der Waals surface area contributed by atoms with Crippen LogP contribution in [0.25, 0.3) is 0 Å². The first-order valence-corrected chi connectivity index (χ1v) is 7.87. The van der Waals surface area contributed by atoms with E-state index < -0.39 is 10.8 Å². The normalized spacial score (nSPS) is 16.1. The molecule has 0 aromatic heterocycles. The van der Waals surface area contributed by atoms with Crippen LogP contribution in [0, 0.1) is 10.1 Å². The first-order chi connectivity index (χ1) is 10.3. The Morgan fingerprint density at radius 3 is 2.36 bits per heavy atom. The van der Waals surface area contributed by atoms with Crippen molar-refractivity contribution >= 4 is 33.2 Å². The van der Waals surface area contributed by atoms with Gasteiger partial charge in [0, 0.05) is 42.8 Å². The molecule has 1 aromatic rings. The van der Waals surface area contributed by atoms with Gasteiger partial charge in [-0.15, -0.1) is 0 Å². The molecule has 0 unspecified atom stereocenters. The summed E-state index contributed by atoms with van der Waals surface area (Å²) in [6, 6.07) is 3.38. The van der Waals surface area contributed by atoms with Gasteiger partial charge in [0.1, 0.15) is 5.69 Å². The van der Waals surface area contributed by atoms with Crippen molar-refractivity contribution in [1.29, 1.82) is 0 Å². The predicted molar refractivity (Wildman–Crippen MR) is 88.2 cm³/mol. The second-order valence-corrected chi connectivity index (χ2v) is 6.47. The van der Waals surface area contributed by atoms with Crippen LogP contribution in [0.2, 0.25) is 0 Å². The summed E-state index contributed by atoms with van der Waals surface area (Å²) in [6.45, 7) is 7.08. The Labute approximate surface area is 137 Å². The maximum absolute atomic E-state index is 11.7. The lowest BCUT2D eigenvalue weighted by molar-refractivity contribution is -0.384. The molecule has 22 heavy (non-hydrogen) atoms. The van der Waals surface area contributed by atoms with E-state index in [4.69, 9.17) is 5.73 Å². The van der Waals surface area contributed by atoms with Crippen LogP contribution >= 0.6 is 15.9 Å². The van der Waals surface area contributed by atoms with Gasteiger partial charge in [-0.2, -0.15) is 0 Å². The summed E-state index contributed by atoms with van der Waals surface area (Å²) >= 11 is 3.20. The van der Waals surface area contributed by atoms with E-state index in [1.807, 2.05) is 4.90 Å². The third-order valence-corrected chi connectivity index (χ3v) is 4.34. The minimum Gasteiger partial charge on any atom is -0.366 e. The number of carbonyl (C=O) groups excluding carboxylic acids is 1. The number of carbonyl (C=O) groups is 1. The largest absolute Gasteiger partial charge is 0.366 e. The molecule has 1 amide bonds. The number of amides is 1. The zero-order valence-corrected chi connectivity index (χ0v) is 14.2. The fourth-order valence-electron chi connectivity index (χ4n) is 2.71. The monoisotopic (exact) mass is 370 g/mol. The summed E-state index contributed by atoms with van der Waals surface area (Å²) in [5.74, 6) is -0.661. The minimum atomic E-state index is -0.661. The molecule has 1 aromatic carbocycles. The Hall–Kier alpha value is -1.67. The number of piperazine rings is 1. The zero-order chi connectivity index (χ0) is 16.4. The maximum atomic E-state index is 11.7. The zero-order valence-electron chi connectivity index (χ0n) is 12.6. The van der Waals surface area contributed by atoms with Gasteiger partial charge in [0.25, 0.3) is 11.6 Å². The van der Waals surface area contributed by atoms with E-state index in [-0.39, 0.29) is 11.3 Å². The second kappa shape index (κ2) is 6.62. The van der Waals surface area contributed by atoms with Gasteiger partial charge < -0.3 is 10.6 Å². The van der Waals surface area contributed by atoms with Crippen LogP contribution in [0.5, 0.6) is 0 Å². The number of benzene rings is 1. The number of halogens is 1. The number of hydrogen-bond donors (Lipinski definition) is 1. The second-order valence-electron chi connectivity index (χ2n) is 5.56. The van der Waals surface area contributed by atoms with Crippen LogP contribution in [0.1, 0.15) is 24.2 Å². The number of nitrogens with zero attached hydrogens (tertiary/aromatic N) is 3. The molecule has 0 spiro atoms. The Balaban J connectivity index is 2.41. The summed E-state index contributed by atoms with van der Waals surface area (Å²) in [4.78, 5) is 26.8. The van der Waals surface area contributed by atoms with E-state index in [0.717, 1.165) is 13.1 Å². The fraction of sp³-hybridized carbons (Fsp3) is 0.500. The van der Waals surface area contributed by atoms with E-state index in [1.54, 1.807) is 6.07 Å². The molecule has 7 nitrogen and oxygen atoms in total. The Kier molecular flexibility index (Phi) is 5.02. The smallest absolute Gasteiger partial charge is 0.294 e. The van der Waals surface area contributed by atoms with E-state index in [1.165, 1.54) is 6.07 Å². The molecule has 2 N–H and O–H groups in total. The summed E-state index contributed by atoms with van der Waals surface area (Å²) < 4.78 is 0.470. The van der Waals surface area contributed by atoms with E-state index in [0.29, 0.717) is 29.3 Å².